The van der Waals surface area contributed by atoms with E-state index < -0.39 is 33.4 Å². The van der Waals surface area contributed by atoms with Gasteiger partial charge in [0.05, 0.1) is 15.5 Å². The van der Waals surface area contributed by atoms with Gasteiger partial charge < -0.3 is 10.2 Å². The summed E-state index contributed by atoms with van der Waals surface area (Å²) in [5.41, 5.74) is 0.592. The Morgan fingerprint density at radius 3 is 2.30 bits per heavy atom. The largest absolute Gasteiger partial charge is 0.354 e. The standard InChI is InChI=1S/C28H31BrN4O6S/c1-3-4-17-30-28(35)21(2)31(19-22-9-8-10-23(29)18-22)27(34)20-32(24-13-15-25(16-14-24)33(36)37)40(38,39)26-11-6-5-7-12-26/h5-16,18,21H,3-4,17,19-20H2,1-2H3,(H,30,35)/t21-/m0/s1. The van der Waals surface area contributed by atoms with Crippen LogP contribution in [-0.2, 0) is 26.2 Å². The van der Waals surface area contributed by atoms with Crippen LogP contribution in [0.1, 0.15) is 32.3 Å². The van der Waals surface area contributed by atoms with Gasteiger partial charge in [-0.15, -0.1) is 0 Å². The van der Waals surface area contributed by atoms with Crippen molar-refractivity contribution in [1.29, 1.82) is 0 Å². The first-order valence-corrected chi connectivity index (χ1v) is 14.9. The number of carbonyl (C=O) groups excluding carboxylic acids is 2. The summed E-state index contributed by atoms with van der Waals surface area (Å²) in [6.07, 6.45) is 1.66. The average Bonchev–Trinajstić information content (AvgIpc) is 2.94. The Balaban J connectivity index is 2.01. The predicted octanol–water partition coefficient (Wildman–Crippen LogP) is 4.89. The molecule has 40 heavy (non-hydrogen) atoms. The molecule has 0 aliphatic carbocycles. The number of nitro groups is 1. The van der Waals surface area contributed by atoms with Gasteiger partial charge in [0.15, 0.2) is 0 Å². The molecule has 2 amide bonds. The fourth-order valence-electron chi connectivity index (χ4n) is 3.94. The summed E-state index contributed by atoms with van der Waals surface area (Å²) in [6.45, 7) is 3.48. The first kappa shape index (κ1) is 30.8. The van der Waals surface area contributed by atoms with Crippen molar-refractivity contribution in [2.75, 3.05) is 17.4 Å². The monoisotopic (exact) mass is 630 g/mol. The van der Waals surface area contributed by atoms with Crippen LogP contribution in [0.2, 0.25) is 0 Å². The number of rotatable bonds is 13. The van der Waals surface area contributed by atoms with Gasteiger partial charge in [-0.25, -0.2) is 8.42 Å². The summed E-state index contributed by atoms with van der Waals surface area (Å²) in [4.78, 5) is 38.7. The number of unbranched alkanes of at least 4 members (excludes halogenated alkanes) is 1. The third kappa shape index (κ3) is 7.89. The molecule has 3 aromatic rings. The van der Waals surface area contributed by atoms with Gasteiger partial charge in [0, 0.05) is 29.7 Å². The van der Waals surface area contributed by atoms with Gasteiger partial charge in [-0.2, -0.15) is 0 Å². The lowest BCUT2D eigenvalue weighted by Gasteiger charge is -2.32. The second kappa shape index (κ2) is 14.0. The van der Waals surface area contributed by atoms with Crippen LogP contribution in [0.15, 0.2) is 88.2 Å². The first-order valence-electron chi connectivity index (χ1n) is 12.7. The molecule has 0 bridgehead atoms. The fourth-order valence-corrected chi connectivity index (χ4v) is 5.82. The molecule has 0 spiro atoms. The van der Waals surface area contributed by atoms with Crippen molar-refractivity contribution in [3.63, 3.8) is 0 Å². The lowest BCUT2D eigenvalue weighted by atomic mass is 10.1. The molecule has 3 rings (SSSR count). The molecule has 0 aliphatic heterocycles. The molecule has 3 aromatic carbocycles. The highest BCUT2D eigenvalue weighted by Gasteiger charge is 2.32. The maximum atomic E-state index is 13.9. The van der Waals surface area contributed by atoms with E-state index in [0.717, 1.165) is 27.2 Å². The molecule has 1 atom stereocenters. The van der Waals surface area contributed by atoms with E-state index in [1.807, 2.05) is 25.1 Å². The minimum atomic E-state index is -4.25. The number of amides is 2. The molecular formula is C28H31BrN4O6S. The van der Waals surface area contributed by atoms with E-state index in [4.69, 9.17) is 0 Å². The minimum absolute atomic E-state index is 0.0509. The topological polar surface area (TPSA) is 130 Å². The number of sulfonamides is 1. The molecule has 0 radical (unpaired) electrons. The first-order chi connectivity index (χ1) is 19.0. The van der Waals surface area contributed by atoms with Gasteiger partial charge in [0.25, 0.3) is 15.7 Å². The average molecular weight is 632 g/mol. The lowest BCUT2D eigenvalue weighted by molar-refractivity contribution is -0.384. The van der Waals surface area contributed by atoms with Gasteiger partial charge in [-0.05, 0) is 55.3 Å². The van der Waals surface area contributed by atoms with Crippen LogP contribution in [-0.4, -0.2) is 49.2 Å². The molecule has 212 valence electrons. The number of hydrogen-bond donors (Lipinski definition) is 1. The predicted molar refractivity (Wildman–Crippen MR) is 156 cm³/mol. The summed E-state index contributed by atoms with van der Waals surface area (Å²) in [5.74, 6) is -0.972. The summed E-state index contributed by atoms with van der Waals surface area (Å²) < 4.78 is 29.1. The number of carbonyl (C=O) groups is 2. The smallest absolute Gasteiger partial charge is 0.269 e. The van der Waals surface area contributed by atoms with Crippen LogP contribution in [0.3, 0.4) is 0 Å². The van der Waals surface area contributed by atoms with Crippen LogP contribution in [0.25, 0.3) is 0 Å². The van der Waals surface area contributed by atoms with Crippen molar-refractivity contribution in [2.24, 2.45) is 0 Å². The molecule has 0 aromatic heterocycles. The molecule has 12 heteroatoms. The molecule has 0 saturated carbocycles. The highest BCUT2D eigenvalue weighted by Crippen LogP contribution is 2.26. The molecule has 10 nitrogen and oxygen atoms in total. The molecule has 1 N–H and O–H groups in total. The van der Waals surface area contributed by atoms with Crippen LogP contribution < -0.4 is 9.62 Å². The van der Waals surface area contributed by atoms with Crippen molar-refractivity contribution in [3.8, 4) is 0 Å². The van der Waals surface area contributed by atoms with Gasteiger partial charge in [0.1, 0.15) is 12.6 Å². The highest BCUT2D eigenvalue weighted by atomic mass is 79.9. The Bertz CT molecular complexity index is 1430. The van der Waals surface area contributed by atoms with E-state index in [1.165, 1.54) is 41.3 Å². The molecule has 0 saturated heterocycles. The SMILES string of the molecule is CCCCNC(=O)[C@H](C)N(Cc1cccc(Br)c1)C(=O)CN(c1ccc([N+](=O)[O-])cc1)S(=O)(=O)c1ccccc1. The Hall–Kier alpha value is -3.77. The van der Waals surface area contributed by atoms with Gasteiger partial charge in [0.2, 0.25) is 11.8 Å². The third-order valence-electron chi connectivity index (χ3n) is 6.20. The summed E-state index contributed by atoms with van der Waals surface area (Å²) >= 11 is 3.42. The zero-order chi connectivity index (χ0) is 29.3. The van der Waals surface area contributed by atoms with E-state index >= 15 is 0 Å². The molecule has 0 aliphatic rings. The van der Waals surface area contributed by atoms with Crippen molar-refractivity contribution in [3.05, 3.63) is 99.0 Å². The molecular weight excluding hydrogens is 600 g/mol. The number of nitro benzene ring substituents is 1. The van der Waals surface area contributed by atoms with E-state index in [9.17, 15) is 28.1 Å². The number of halogens is 1. The highest BCUT2D eigenvalue weighted by molar-refractivity contribution is 9.10. The lowest BCUT2D eigenvalue weighted by Crippen LogP contribution is -2.51. The summed E-state index contributed by atoms with van der Waals surface area (Å²) in [5, 5.41) is 14.0. The third-order valence-corrected chi connectivity index (χ3v) is 8.48. The van der Waals surface area contributed by atoms with Crippen molar-refractivity contribution in [2.45, 2.75) is 44.2 Å². The quantitative estimate of drug-likeness (QED) is 0.163. The number of nitrogens with one attached hydrogen (secondary N) is 1. The normalized spacial score (nSPS) is 11.9. The van der Waals surface area contributed by atoms with Crippen LogP contribution in [0.5, 0.6) is 0 Å². The molecule has 0 fully saturated rings. The van der Waals surface area contributed by atoms with Crippen LogP contribution in [0.4, 0.5) is 11.4 Å². The maximum Gasteiger partial charge on any atom is 0.269 e. The van der Waals surface area contributed by atoms with Crippen LogP contribution in [0, 0.1) is 10.1 Å². The number of anilines is 1. The number of nitrogens with zero attached hydrogens (tertiary/aromatic N) is 3. The van der Waals surface area contributed by atoms with E-state index in [2.05, 4.69) is 21.2 Å². The van der Waals surface area contributed by atoms with E-state index in [0.29, 0.717) is 6.54 Å². The molecule has 0 heterocycles. The van der Waals surface area contributed by atoms with E-state index in [-0.39, 0.29) is 28.7 Å². The second-order valence-corrected chi connectivity index (χ2v) is 11.8. The summed E-state index contributed by atoms with van der Waals surface area (Å²) in [6, 6.07) is 18.9. The Morgan fingerprint density at radius 2 is 1.70 bits per heavy atom. The van der Waals surface area contributed by atoms with Gasteiger partial charge in [-0.3, -0.25) is 24.0 Å². The number of non-ortho nitro benzene ring substituents is 1. The van der Waals surface area contributed by atoms with Gasteiger partial charge in [-0.1, -0.05) is 59.6 Å². The van der Waals surface area contributed by atoms with Gasteiger partial charge >= 0.3 is 0 Å². The number of benzene rings is 3. The molecule has 0 unspecified atom stereocenters. The zero-order valence-electron chi connectivity index (χ0n) is 22.2. The van der Waals surface area contributed by atoms with Crippen LogP contribution >= 0.6 is 15.9 Å². The Labute approximate surface area is 242 Å². The Kier molecular flexibility index (Phi) is 10.8. The second-order valence-electron chi connectivity index (χ2n) is 9.07. The van der Waals surface area contributed by atoms with E-state index in [1.54, 1.807) is 31.2 Å². The van der Waals surface area contributed by atoms with Crippen molar-refractivity contribution >= 4 is 49.1 Å². The Morgan fingerprint density at radius 1 is 1.02 bits per heavy atom. The fraction of sp³-hybridized carbons (Fsp3) is 0.286. The zero-order valence-corrected chi connectivity index (χ0v) is 24.6. The minimum Gasteiger partial charge on any atom is -0.354 e. The summed E-state index contributed by atoms with van der Waals surface area (Å²) in [7, 11) is -4.25. The maximum absolute atomic E-state index is 13.9. The number of hydrogen-bond acceptors (Lipinski definition) is 6. The van der Waals surface area contributed by atoms with Crippen molar-refractivity contribution in [1.82, 2.24) is 10.2 Å². The van der Waals surface area contributed by atoms with Crippen molar-refractivity contribution < 1.29 is 22.9 Å².